The fourth-order valence-electron chi connectivity index (χ4n) is 1.69. The molecule has 5 heteroatoms. The third-order valence-electron chi connectivity index (χ3n) is 2.98. The van der Waals surface area contributed by atoms with E-state index in [9.17, 15) is 9.59 Å². The minimum Gasteiger partial charge on any atom is -0.465 e. The van der Waals surface area contributed by atoms with Gasteiger partial charge in [-0.15, -0.1) is 0 Å². The summed E-state index contributed by atoms with van der Waals surface area (Å²) in [5, 5.41) is 10.9. The number of amides is 1. The number of ketones is 1. The molecular formula is C10H15NO4. The average molecular weight is 213 g/mol. The Balaban J connectivity index is 1.96. The summed E-state index contributed by atoms with van der Waals surface area (Å²) in [6.07, 6.45) is 1.67. The van der Waals surface area contributed by atoms with Crippen LogP contribution < -0.4 is 5.32 Å². The summed E-state index contributed by atoms with van der Waals surface area (Å²) >= 11 is 0. The molecule has 1 aliphatic carbocycles. The van der Waals surface area contributed by atoms with Crippen LogP contribution in [0.3, 0.4) is 0 Å². The Morgan fingerprint density at radius 2 is 2.20 bits per heavy atom. The summed E-state index contributed by atoms with van der Waals surface area (Å²) in [6.45, 7) is 2.12. The van der Waals surface area contributed by atoms with Crippen LogP contribution in [0.1, 0.15) is 26.2 Å². The molecule has 0 unspecified atom stereocenters. The van der Waals surface area contributed by atoms with Crippen molar-refractivity contribution in [3.63, 3.8) is 0 Å². The summed E-state index contributed by atoms with van der Waals surface area (Å²) in [6, 6.07) is -0.595. The molecule has 0 aromatic rings. The van der Waals surface area contributed by atoms with Crippen LogP contribution >= 0.6 is 0 Å². The van der Waals surface area contributed by atoms with Crippen LogP contribution in [0.15, 0.2) is 0 Å². The first-order valence-electron chi connectivity index (χ1n) is 5.19. The summed E-state index contributed by atoms with van der Waals surface area (Å²) in [5.74, 6) is 0.380. The fourth-order valence-corrected chi connectivity index (χ4v) is 1.69. The molecule has 0 radical (unpaired) electrons. The summed E-state index contributed by atoms with van der Waals surface area (Å²) < 4.78 is 5.04. The van der Waals surface area contributed by atoms with Gasteiger partial charge < -0.3 is 15.2 Å². The highest BCUT2D eigenvalue weighted by atomic mass is 16.6. The zero-order valence-corrected chi connectivity index (χ0v) is 8.66. The SMILES string of the molecule is C[C@]1(C(=O)[C@H](CC2CC2)NC(=O)O)CO1. The van der Waals surface area contributed by atoms with E-state index in [1.165, 1.54) is 0 Å². The number of carboxylic acid groups (broad SMARTS) is 1. The van der Waals surface area contributed by atoms with Crippen LogP contribution in [-0.4, -0.2) is 35.2 Å². The molecule has 1 saturated carbocycles. The van der Waals surface area contributed by atoms with Crippen molar-refractivity contribution in [3.05, 3.63) is 0 Å². The Labute approximate surface area is 87.8 Å². The molecule has 2 rings (SSSR count). The van der Waals surface area contributed by atoms with E-state index in [-0.39, 0.29) is 5.78 Å². The number of hydrogen-bond acceptors (Lipinski definition) is 3. The van der Waals surface area contributed by atoms with Crippen molar-refractivity contribution >= 4 is 11.9 Å². The molecular weight excluding hydrogens is 198 g/mol. The number of carbonyl (C=O) groups excluding carboxylic acids is 1. The Hall–Kier alpha value is -1.10. The standard InChI is InChI=1S/C10H15NO4/c1-10(5-15-10)8(12)7(11-9(13)14)4-6-2-3-6/h6-7,11H,2-5H2,1H3,(H,13,14)/t7-,10+/m0/s1. The molecule has 5 nitrogen and oxygen atoms in total. The number of ether oxygens (including phenoxy) is 1. The van der Waals surface area contributed by atoms with Crippen LogP contribution in [0.25, 0.3) is 0 Å². The van der Waals surface area contributed by atoms with E-state index in [2.05, 4.69) is 5.32 Å². The second-order valence-electron chi connectivity index (χ2n) is 4.56. The van der Waals surface area contributed by atoms with Gasteiger partial charge in [0.15, 0.2) is 5.78 Å². The lowest BCUT2D eigenvalue weighted by Crippen LogP contribution is -2.45. The van der Waals surface area contributed by atoms with Crippen molar-refractivity contribution in [3.8, 4) is 0 Å². The number of nitrogens with one attached hydrogen (secondary N) is 1. The van der Waals surface area contributed by atoms with E-state index in [1.807, 2.05) is 0 Å². The topological polar surface area (TPSA) is 78.9 Å². The number of epoxide rings is 1. The number of hydrogen-bond donors (Lipinski definition) is 2. The number of carbonyl (C=O) groups is 2. The van der Waals surface area contributed by atoms with E-state index >= 15 is 0 Å². The van der Waals surface area contributed by atoms with E-state index < -0.39 is 17.7 Å². The van der Waals surface area contributed by atoms with Crippen LogP contribution in [0.2, 0.25) is 0 Å². The maximum atomic E-state index is 11.9. The van der Waals surface area contributed by atoms with Crippen molar-refractivity contribution in [2.75, 3.05) is 6.61 Å². The molecule has 15 heavy (non-hydrogen) atoms. The maximum absolute atomic E-state index is 11.9. The van der Waals surface area contributed by atoms with Gasteiger partial charge in [-0.1, -0.05) is 12.8 Å². The van der Waals surface area contributed by atoms with Gasteiger partial charge in [0.05, 0.1) is 12.6 Å². The van der Waals surface area contributed by atoms with Gasteiger partial charge in [-0.3, -0.25) is 4.79 Å². The zero-order chi connectivity index (χ0) is 11.1. The normalized spacial score (nSPS) is 30.7. The minimum atomic E-state index is -1.14. The van der Waals surface area contributed by atoms with E-state index in [1.54, 1.807) is 6.92 Å². The monoisotopic (exact) mass is 213 g/mol. The van der Waals surface area contributed by atoms with Crippen molar-refractivity contribution < 1.29 is 19.4 Å². The molecule has 2 aliphatic rings. The molecule has 2 fully saturated rings. The fraction of sp³-hybridized carbons (Fsp3) is 0.800. The highest BCUT2D eigenvalue weighted by Crippen LogP contribution is 2.36. The summed E-state index contributed by atoms with van der Waals surface area (Å²) in [4.78, 5) is 22.4. The Morgan fingerprint density at radius 1 is 1.60 bits per heavy atom. The van der Waals surface area contributed by atoms with Gasteiger partial charge in [-0.25, -0.2) is 4.79 Å². The Morgan fingerprint density at radius 3 is 2.60 bits per heavy atom. The molecule has 84 valence electrons. The highest BCUT2D eigenvalue weighted by molar-refractivity contribution is 5.95. The highest BCUT2D eigenvalue weighted by Gasteiger charge is 2.50. The van der Waals surface area contributed by atoms with Crippen molar-refractivity contribution in [1.82, 2.24) is 5.32 Å². The number of rotatable bonds is 5. The van der Waals surface area contributed by atoms with Crippen LogP contribution in [0.4, 0.5) is 4.79 Å². The van der Waals surface area contributed by atoms with Crippen LogP contribution in [-0.2, 0) is 9.53 Å². The second kappa shape index (κ2) is 3.48. The molecule has 1 aliphatic heterocycles. The third-order valence-corrected chi connectivity index (χ3v) is 2.98. The maximum Gasteiger partial charge on any atom is 0.405 e. The van der Waals surface area contributed by atoms with Crippen molar-refractivity contribution in [1.29, 1.82) is 0 Å². The van der Waals surface area contributed by atoms with Gasteiger partial charge in [0.25, 0.3) is 0 Å². The molecule has 1 heterocycles. The molecule has 0 spiro atoms. The first kappa shape index (κ1) is 10.4. The Bertz CT molecular complexity index is 294. The lowest BCUT2D eigenvalue weighted by molar-refractivity contribution is -0.125. The second-order valence-corrected chi connectivity index (χ2v) is 4.56. The van der Waals surface area contributed by atoms with Gasteiger partial charge in [-0.05, 0) is 19.3 Å². The van der Waals surface area contributed by atoms with E-state index in [4.69, 9.17) is 9.84 Å². The van der Waals surface area contributed by atoms with E-state index in [0.29, 0.717) is 18.9 Å². The number of Topliss-reactive ketones (excluding diaryl/α,β-unsaturated/α-hetero) is 1. The predicted molar refractivity (Wildman–Crippen MR) is 51.7 cm³/mol. The summed E-state index contributed by atoms with van der Waals surface area (Å²) in [5.41, 5.74) is -0.734. The van der Waals surface area contributed by atoms with E-state index in [0.717, 1.165) is 12.8 Å². The van der Waals surface area contributed by atoms with Crippen molar-refractivity contribution in [2.45, 2.75) is 37.8 Å². The van der Waals surface area contributed by atoms with Gasteiger partial charge in [0, 0.05) is 0 Å². The zero-order valence-electron chi connectivity index (χ0n) is 8.66. The molecule has 1 amide bonds. The minimum absolute atomic E-state index is 0.128. The molecule has 2 atom stereocenters. The molecule has 0 aromatic carbocycles. The van der Waals surface area contributed by atoms with Gasteiger partial charge in [-0.2, -0.15) is 0 Å². The Kier molecular flexibility index (Phi) is 2.42. The van der Waals surface area contributed by atoms with Gasteiger partial charge in [0.1, 0.15) is 5.60 Å². The molecule has 0 bridgehead atoms. The first-order chi connectivity index (χ1) is 7.01. The molecule has 0 aromatic heterocycles. The predicted octanol–water partition coefficient (Wildman–Crippen LogP) is 0.781. The largest absolute Gasteiger partial charge is 0.465 e. The molecule has 1 saturated heterocycles. The van der Waals surface area contributed by atoms with Gasteiger partial charge >= 0.3 is 6.09 Å². The smallest absolute Gasteiger partial charge is 0.405 e. The first-order valence-corrected chi connectivity index (χ1v) is 5.19. The average Bonchev–Trinajstić information content (AvgIpc) is 3.01. The third kappa shape index (κ3) is 2.47. The van der Waals surface area contributed by atoms with Crippen LogP contribution in [0.5, 0.6) is 0 Å². The van der Waals surface area contributed by atoms with Crippen molar-refractivity contribution in [2.24, 2.45) is 5.92 Å². The lowest BCUT2D eigenvalue weighted by atomic mass is 9.96. The van der Waals surface area contributed by atoms with Crippen LogP contribution in [0, 0.1) is 5.92 Å². The van der Waals surface area contributed by atoms with Gasteiger partial charge in [0.2, 0.25) is 0 Å². The summed E-state index contributed by atoms with van der Waals surface area (Å²) in [7, 11) is 0. The molecule has 2 N–H and O–H groups in total. The lowest BCUT2D eigenvalue weighted by Gasteiger charge is -2.17. The quantitative estimate of drug-likeness (QED) is 0.661.